The Morgan fingerprint density at radius 2 is 1.76 bits per heavy atom. The third-order valence-electron chi connectivity index (χ3n) is 4.84. The third-order valence-corrected chi connectivity index (χ3v) is 5.65. The van der Waals surface area contributed by atoms with E-state index in [0.29, 0.717) is 29.4 Å². The van der Waals surface area contributed by atoms with Crippen LogP contribution in [0.5, 0.6) is 11.5 Å². The number of rotatable bonds is 7. The number of ether oxygens (including phenoxy) is 2. The number of anilines is 1. The lowest BCUT2D eigenvalue weighted by Crippen LogP contribution is -2.35. The summed E-state index contributed by atoms with van der Waals surface area (Å²) in [6, 6.07) is 18.5. The number of hydrazine groups is 1. The maximum absolute atomic E-state index is 13.1. The molecule has 1 N–H and O–H groups in total. The summed E-state index contributed by atoms with van der Waals surface area (Å²) < 4.78 is 25.6. The van der Waals surface area contributed by atoms with E-state index in [0.717, 1.165) is 9.13 Å². The number of halogens is 2. The van der Waals surface area contributed by atoms with Gasteiger partial charge in [-0.1, -0.05) is 30.3 Å². The summed E-state index contributed by atoms with van der Waals surface area (Å²) in [5.74, 6) is -0.192. The van der Waals surface area contributed by atoms with Gasteiger partial charge in [0.1, 0.15) is 18.0 Å². The fourth-order valence-electron chi connectivity index (χ4n) is 3.29. The van der Waals surface area contributed by atoms with Crippen LogP contribution in [0.15, 0.2) is 72.3 Å². The molecule has 1 aliphatic heterocycles. The van der Waals surface area contributed by atoms with Crippen molar-refractivity contribution in [2.24, 2.45) is 0 Å². The van der Waals surface area contributed by atoms with Crippen LogP contribution in [-0.2, 0) is 16.2 Å². The molecule has 0 atom stereocenters. The van der Waals surface area contributed by atoms with Gasteiger partial charge in [-0.3, -0.25) is 15.0 Å². The summed E-state index contributed by atoms with van der Waals surface area (Å²) in [7, 11) is 0. The van der Waals surface area contributed by atoms with Gasteiger partial charge in [-0.25, -0.2) is 9.40 Å². The van der Waals surface area contributed by atoms with Crippen LogP contribution >= 0.6 is 22.6 Å². The fraction of sp³-hybridized carbons (Fsp3) is 0.120. The monoisotopic (exact) mass is 558 g/mol. The van der Waals surface area contributed by atoms with Crippen molar-refractivity contribution in [2.75, 3.05) is 11.6 Å². The number of hydrogen-bond acceptors (Lipinski definition) is 4. The third kappa shape index (κ3) is 5.16. The van der Waals surface area contributed by atoms with Crippen LogP contribution in [-0.4, -0.2) is 18.4 Å². The van der Waals surface area contributed by atoms with E-state index in [4.69, 9.17) is 9.47 Å². The SMILES string of the molecule is CCOc1cc(/C=C2/C(=O)NN(c3ccccc3)C2=O)cc(I)c1OCc1ccc(F)cc1. The minimum absolute atomic E-state index is 0.0251. The van der Waals surface area contributed by atoms with Crippen LogP contribution in [0.4, 0.5) is 10.1 Å². The first-order valence-electron chi connectivity index (χ1n) is 10.2. The number of benzene rings is 3. The Balaban J connectivity index is 1.60. The van der Waals surface area contributed by atoms with Crippen LogP contribution in [0, 0.1) is 9.39 Å². The molecule has 6 nitrogen and oxygen atoms in total. The Hall–Kier alpha value is -3.40. The molecule has 3 aromatic carbocycles. The number of carbonyl (C=O) groups excluding carboxylic acids is 2. The van der Waals surface area contributed by atoms with E-state index >= 15 is 0 Å². The van der Waals surface area contributed by atoms with E-state index in [-0.39, 0.29) is 18.0 Å². The van der Waals surface area contributed by atoms with Crippen LogP contribution < -0.4 is 19.9 Å². The Bertz CT molecular complexity index is 1210. The molecule has 0 aliphatic carbocycles. The molecule has 33 heavy (non-hydrogen) atoms. The highest BCUT2D eigenvalue weighted by molar-refractivity contribution is 14.1. The van der Waals surface area contributed by atoms with E-state index in [1.807, 2.05) is 19.1 Å². The summed E-state index contributed by atoms with van der Waals surface area (Å²) >= 11 is 2.12. The molecule has 0 radical (unpaired) electrons. The first-order valence-corrected chi connectivity index (χ1v) is 11.3. The number of nitrogens with one attached hydrogen (secondary N) is 1. The zero-order chi connectivity index (χ0) is 23.4. The summed E-state index contributed by atoms with van der Waals surface area (Å²) in [6.45, 7) is 2.50. The lowest BCUT2D eigenvalue weighted by atomic mass is 10.1. The number of hydrogen-bond donors (Lipinski definition) is 1. The maximum Gasteiger partial charge on any atom is 0.282 e. The zero-order valence-electron chi connectivity index (χ0n) is 17.7. The van der Waals surface area contributed by atoms with Gasteiger partial charge in [0, 0.05) is 0 Å². The number of nitrogens with zero attached hydrogens (tertiary/aromatic N) is 1. The molecular formula is C25H20FIN2O4. The number of amides is 2. The quantitative estimate of drug-likeness (QED) is 0.256. The molecule has 0 unspecified atom stereocenters. The van der Waals surface area contributed by atoms with Crippen LogP contribution in [0.2, 0.25) is 0 Å². The van der Waals surface area contributed by atoms with E-state index in [9.17, 15) is 14.0 Å². The van der Waals surface area contributed by atoms with Gasteiger partial charge in [0.15, 0.2) is 11.5 Å². The molecule has 2 amide bonds. The Kier molecular flexibility index (Phi) is 6.93. The molecule has 4 rings (SSSR count). The highest BCUT2D eigenvalue weighted by atomic mass is 127. The summed E-state index contributed by atoms with van der Waals surface area (Å²) in [4.78, 5) is 25.3. The molecule has 0 bridgehead atoms. The number of carbonyl (C=O) groups is 2. The van der Waals surface area contributed by atoms with E-state index < -0.39 is 11.8 Å². The predicted octanol–water partition coefficient (Wildman–Crippen LogP) is 4.87. The van der Waals surface area contributed by atoms with E-state index in [1.54, 1.807) is 42.5 Å². The van der Waals surface area contributed by atoms with Crippen molar-refractivity contribution in [3.63, 3.8) is 0 Å². The second kappa shape index (κ2) is 10.0. The molecule has 3 aromatic rings. The van der Waals surface area contributed by atoms with Crippen LogP contribution in [0.1, 0.15) is 18.1 Å². The molecule has 8 heteroatoms. The van der Waals surface area contributed by atoms with Crippen molar-refractivity contribution in [2.45, 2.75) is 13.5 Å². The van der Waals surface area contributed by atoms with Crippen molar-refractivity contribution in [1.29, 1.82) is 0 Å². The summed E-state index contributed by atoms with van der Waals surface area (Å²) in [5.41, 5.74) is 4.64. The Morgan fingerprint density at radius 3 is 2.45 bits per heavy atom. The van der Waals surface area contributed by atoms with Crippen LogP contribution in [0.3, 0.4) is 0 Å². The van der Waals surface area contributed by atoms with Gasteiger partial charge in [-0.05, 0) is 83.1 Å². The van der Waals surface area contributed by atoms with Gasteiger partial charge in [0.25, 0.3) is 11.8 Å². The van der Waals surface area contributed by atoms with Crippen molar-refractivity contribution >= 4 is 46.2 Å². The van der Waals surface area contributed by atoms with Gasteiger partial charge in [-0.15, -0.1) is 0 Å². The van der Waals surface area contributed by atoms with E-state index in [1.165, 1.54) is 23.2 Å². The van der Waals surface area contributed by atoms with Crippen LogP contribution in [0.25, 0.3) is 6.08 Å². The Labute approximate surface area is 204 Å². The molecule has 0 aromatic heterocycles. The molecule has 1 saturated heterocycles. The number of para-hydroxylation sites is 1. The molecule has 0 saturated carbocycles. The standard InChI is InChI=1S/C25H20FIN2O4/c1-2-32-22-14-17(13-21(27)23(22)33-15-16-8-10-18(26)11-9-16)12-20-24(30)28-29(25(20)31)19-6-4-3-5-7-19/h3-14H,2,15H2,1H3,(H,28,30)/b20-12-. The van der Waals surface area contributed by atoms with Gasteiger partial charge in [0.05, 0.1) is 15.9 Å². The topological polar surface area (TPSA) is 67.9 Å². The lowest BCUT2D eigenvalue weighted by Gasteiger charge is -2.15. The minimum Gasteiger partial charge on any atom is -0.490 e. The normalized spacial score (nSPS) is 14.5. The summed E-state index contributed by atoms with van der Waals surface area (Å²) in [6.07, 6.45) is 1.54. The molecule has 0 spiro atoms. The van der Waals surface area contributed by atoms with Gasteiger partial charge in [0.2, 0.25) is 0 Å². The largest absolute Gasteiger partial charge is 0.490 e. The second-order valence-corrected chi connectivity index (χ2v) is 8.32. The Morgan fingerprint density at radius 1 is 1.03 bits per heavy atom. The van der Waals surface area contributed by atoms with Gasteiger partial charge >= 0.3 is 0 Å². The first-order chi connectivity index (χ1) is 16.0. The second-order valence-electron chi connectivity index (χ2n) is 7.15. The van der Waals surface area contributed by atoms with Crippen molar-refractivity contribution in [1.82, 2.24) is 5.43 Å². The molecule has 1 fully saturated rings. The smallest absolute Gasteiger partial charge is 0.282 e. The van der Waals surface area contributed by atoms with Crippen molar-refractivity contribution in [3.8, 4) is 11.5 Å². The maximum atomic E-state index is 13.1. The minimum atomic E-state index is -0.478. The fourth-order valence-corrected chi connectivity index (χ4v) is 4.07. The molecule has 1 aliphatic rings. The average Bonchev–Trinajstić information content (AvgIpc) is 3.09. The lowest BCUT2D eigenvalue weighted by molar-refractivity contribution is -0.117. The highest BCUT2D eigenvalue weighted by Gasteiger charge is 2.34. The predicted molar refractivity (Wildman–Crippen MR) is 131 cm³/mol. The van der Waals surface area contributed by atoms with Crippen molar-refractivity contribution < 1.29 is 23.5 Å². The van der Waals surface area contributed by atoms with Crippen molar-refractivity contribution in [3.05, 3.63) is 92.8 Å². The molecule has 168 valence electrons. The molecule has 1 heterocycles. The highest BCUT2D eigenvalue weighted by Crippen LogP contribution is 2.36. The van der Waals surface area contributed by atoms with Gasteiger partial charge in [-0.2, -0.15) is 0 Å². The summed E-state index contributed by atoms with van der Waals surface area (Å²) in [5, 5.41) is 1.22. The molecular weight excluding hydrogens is 538 g/mol. The van der Waals surface area contributed by atoms with E-state index in [2.05, 4.69) is 28.0 Å². The average molecular weight is 558 g/mol. The van der Waals surface area contributed by atoms with Gasteiger partial charge < -0.3 is 9.47 Å². The first kappa shape index (κ1) is 22.8. The zero-order valence-corrected chi connectivity index (χ0v) is 19.8.